The Morgan fingerprint density at radius 3 is 2.56 bits per heavy atom. The molecule has 3 aromatic rings. The van der Waals surface area contributed by atoms with Crippen molar-refractivity contribution in [1.29, 1.82) is 5.26 Å². The Hall–Kier alpha value is -3.51. The summed E-state index contributed by atoms with van der Waals surface area (Å²) in [6.45, 7) is 2.34. The van der Waals surface area contributed by atoms with Crippen LogP contribution in [0.4, 0.5) is 11.5 Å². The van der Waals surface area contributed by atoms with Crippen LogP contribution in [0.1, 0.15) is 12.5 Å². The molecular formula is C18H17N5O3S. The number of hydrogen-bond donors (Lipinski definition) is 2. The molecule has 0 saturated carbocycles. The first-order valence-corrected chi connectivity index (χ1v) is 9.53. The summed E-state index contributed by atoms with van der Waals surface area (Å²) in [4.78, 5) is 0.0897. The van der Waals surface area contributed by atoms with Crippen molar-refractivity contribution in [3.05, 3.63) is 60.3 Å². The fourth-order valence-corrected chi connectivity index (χ4v) is 3.54. The Kier molecular flexibility index (Phi) is 5.00. The average molecular weight is 383 g/mol. The fraction of sp³-hybridized carbons (Fsp3) is 0.111. The summed E-state index contributed by atoms with van der Waals surface area (Å²) in [7, 11) is -3.84. The van der Waals surface area contributed by atoms with Crippen LogP contribution >= 0.6 is 0 Å². The van der Waals surface area contributed by atoms with E-state index in [1.165, 1.54) is 23.0 Å². The van der Waals surface area contributed by atoms with Crippen LogP contribution in [0.15, 0.2) is 59.6 Å². The van der Waals surface area contributed by atoms with E-state index in [9.17, 15) is 8.42 Å². The summed E-state index contributed by atoms with van der Waals surface area (Å²) in [6.07, 6.45) is 1.33. The van der Waals surface area contributed by atoms with Gasteiger partial charge in [0.25, 0.3) is 10.0 Å². The van der Waals surface area contributed by atoms with E-state index >= 15 is 0 Å². The summed E-state index contributed by atoms with van der Waals surface area (Å²) in [5, 5.41) is 13.1. The van der Waals surface area contributed by atoms with Crippen LogP contribution in [-0.4, -0.2) is 24.8 Å². The Morgan fingerprint density at radius 2 is 1.93 bits per heavy atom. The number of para-hydroxylation sites is 2. The van der Waals surface area contributed by atoms with E-state index in [1.807, 2.05) is 13.0 Å². The van der Waals surface area contributed by atoms with Gasteiger partial charge in [0.15, 0.2) is 0 Å². The molecule has 9 heteroatoms. The zero-order valence-corrected chi connectivity index (χ0v) is 15.3. The van der Waals surface area contributed by atoms with Crippen molar-refractivity contribution in [1.82, 2.24) is 9.78 Å². The molecule has 3 rings (SSSR count). The van der Waals surface area contributed by atoms with Crippen molar-refractivity contribution >= 4 is 21.5 Å². The topological polar surface area (TPSA) is 123 Å². The number of benzene rings is 2. The van der Waals surface area contributed by atoms with E-state index in [2.05, 4.69) is 9.82 Å². The summed E-state index contributed by atoms with van der Waals surface area (Å²) < 4.78 is 34.7. The highest BCUT2D eigenvalue weighted by Gasteiger charge is 2.18. The lowest BCUT2D eigenvalue weighted by molar-refractivity contribution is 0.340. The summed E-state index contributed by atoms with van der Waals surface area (Å²) in [5.74, 6) is 0.718. The van der Waals surface area contributed by atoms with Gasteiger partial charge >= 0.3 is 0 Å². The predicted molar refractivity (Wildman–Crippen MR) is 101 cm³/mol. The number of nitrogens with two attached hydrogens (primary N) is 1. The van der Waals surface area contributed by atoms with Gasteiger partial charge in [0.1, 0.15) is 23.2 Å². The van der Waals surface area contributed by atoms with Gasteiger partial charge in [-0.15, -0.1) is 0 Å². The van der Waals surface area contributed by atoms with Crippen LogP contribution in [0, 0.1) is 11.3 Å². The maximum Gasteiger partial charge on any atom is 0.261 e. The SMILES string of the molecule is CCOc1ccc(S(=O)(=O)Nc2ccccc2-n2ncc(C#N)c2N)cc1. The second-order valence-corrected chi connectivity index (χ2v) is 7.18. The number of nitriles is 1. The Bertz CT molecular complexity index is 1100. The molecule has 0 aliphatic carbocycles. The van der Waals surface area contributed by atoms with Crippen molar-refractivity contribution in [2.24, 2.45) is 0 Å². The van der Waals surface area contributed by atoms with Gasteiger partial charge in [0, 0.05) is 0 Å². The molecule has 0 aliphatic rings. The molecule has 27 heavy (non-hydrogen) atoms. The van der Waals surface area contributed by atoms with Gasteiger partial charge in [-0.25, -0.2) is 13.1 Å². The fourth-order valence-electron chi connectivity index (χ4n) is 2.47. The van der Waals surface area contributed by atoms with E-state index in [-0.39, 0.29) is 22.0 Å². The Morgan fingerprint density at radius 1 is 1.22 bits per heavy atom. The van der Waals surface area contributed by atoms with Crippen molar-refractivity contribution in [3.8, 4) is 17.5 Å². The molecule has 0 aliphatic heterocycles. The summed E-state index contributed by atoms with van der Waals surface area (Å²) >= 11 is 0. The van der Waals surface area contributed by atoms with Crippen molar-refractivity contribution in [3.63, 3.8) is 0 Å². The molecule has 138 valence electrons. The van der Waals surface area contributed by atoms with Crippen LogP contribution in [0.5, 0.6) is 5.75 Å². The van der Waals surface area contributed by atoms with Gasteiger partial charge in [-0.2, -0.15) is 10.4 Å². The Labute approximate surface area is 156 Å². The zero-order valence-electron chi connectivity index (χ0n) is 14.5. The van der Waals surface area contributed by atoms with E-state index in [4.69, 9.17) is 15.7 Å². The number of aromatic nitrogens is 2. The number of nitrogens with zero attached hydrogens (tertiary/aromatic N) is 3. The second kappa shape index (κ2) is 7.39. The van der Waals surface area contributed by atoms with Crippen molar-refractivity contribution in [2.75, 3.05) is 17.1 Å². The van der Waals surface area contributed by atoms with Crippen LogP contribution in [0.25, 0.3) is 5.69 Å². The molecule has 0 fully saturated rings. The van der Waals surface area contributed by atoms with Gasteiger partial charge in [-0.3, -0.25) is 4.72 Å². The summed E-state index contributed by atoms with van der Waals surface area (Å²) in [5.41, 5.74) is 6.82. The monoisotopic (exact) mass is 383 g/mol. The molecule has 0 saturated heterocycles. The standard InChI is InChI=1S/C18H17N5O3S/c1-2-26-14-7-9-15(10-8-14)27(24,25)22-16-5-3-4-6-17(16)23-18(20)13(11-19)12-21-23/h3-10,12,22H,2,20H2,1H3. The molecule has 3 N–H and O–H groups in total. The van der Waals surface area contributed by atoms with Gasteiger partial charge < -0.3 is 10.5 Å². The lowest BCUT2D eigenvalue weighted by Gasteiger charge is -2.14. The van der Waals surface area contributed by atoms with Crippen molar-refractivity contribution < 1.29 is 13.2 Å². The van der Waals surface area contributed by atoms with Crippen molar-refractivity contribution in [2.45, 2.75) is 11.8 Å². The van der Waals surface area contributed by atoms with E-state index in [1.54, 1.807) is 36.4 Å². The molecule has 1 heterocycles. The molecule has 0 unspecified atom stereocenters. The van der Waals surface area contributed by atoms with Gasteiger partial charge in [0.2, 0.25) is 0 Å². The van der Waals surface area contributed by atoms with Gasteiger partial charge in [-0.05, 0) is 43.3 Å². The third kappa shape index (κ3) is 3.70. The number of ether oxygens (including phenoxy) is 1. The largest absolute Gasteiger partial charge is 0.494 e. The summed E-state index contributed by atoms with van der Waals surface area (Å²) in [6, 6.07) is 14.7. The predicted octanol–water partition coefficient (Wildman–Crippen LogP) is 2.53. The second-order valence-electron chi connectivity index (χ2n) is 5.49. The van der Waals surface area contributed by atoms with E-state index in [0.717, 1.165) is 0 Å². The molecule has 0 bridgehead atoms. The third-order valence-corrected chi connectivity index (χ3v) is 5.13. The maximum absolute atomic E-state index is 12.7. The first kappa shape index (κ1) is 18.3. The number of anilines is 2. The van der Waals surface area contributed by atoms with E-state index < -0.39 is 10.0 Å². The minimum absolute atomic E-state index is 0.0897. The third-order valence-electron chi connectivity index (χ3n) is 3.75. The highest BCUT2D eigenvalue weighted by atomic mass is 32.2. The maximum atomic E-state index is 12.7. The number of sulfonamides is 1. The molecule has 2 aromatic carbocycles. The molecule has 1 aromatic heterocycles. The van der Waals surface area contributed by atoms with Crippen LogP contribution in [0.3, 0.4) is 0 Å². The first-order valence-electron chi connectivity index (χ1n) is 8.05. The number of hydrogen-bond acceptors (Lipinski definition) is 6. The highest BCUT2D eigenvalue weighted by molar-refractivity contribution is 7.92. The molecule has 0 amide bonds. The lowest BCUT2D eigenvalue weighted by atomic mass is 10.2. The van der Waals surface area contributed by atoms with Crippen LogP contribution in [0.2, 0.25) is 0 Å². The Balaban J connectivity index is 1.96. The minimum Gasteiger partial charge on any atom is -0.494 e. The molecular weight excluding hydrogens is 366 g/mol. The molecule has 0 spiro atoms. The van der Waals surface area contributed by atoms with Crippen LogP contribution in [-0.2, 0) is 10.0 Å². The zero-order chi connectivity index (χ0) is 19.4. The number of nitrogen functional groups attached to an aromatic ring is 1. The molecule has 8 nitrogen and oxygen atoms in total. The smallest absolute Gasteiger partial charge is 0.261 e. The van der Waals surface area contributed by atoms with Crippen LogP contribution < -0.4 is 15.2 Å². The van der Waals surface area contributed by atoms with Gasteiger partial charge in [0.05, 0.1) is 29.1 Å². The minimum atomic E-state index is -3.84. The molecule has 0 atom stereocenters. The normalized spacial score (nSPS) is 11.0. The van der Waals surface area contributed by atoms with E-state index in [0.29, 0.717) is 18.0 Å². The lowest BCUT2D eigenvalue weighted by Crippen LogP contribution is -2.15. The highest BCUT2D eigenvalue weighted by Crippen LogP contribution is 2.26. The quantitative estimate of drug-likeness (QED) is 0.674. The molecule has 0 radical (unpaired) electrons. The average Bonchev–Trinajstić information content (AvgIpc) is 3.03. The number of nitrogens with one attached hydrogen (secondary N) is 1. The van der Waals surface area contributed by atoms with Gasteiger partial charge in [-0.1, -0.05) is 12.1 Å². The first-order chi connectivity index (χ1) is 13.0. The number of rotatable bonds is 6.